The van der Waals surface area contributed by atoms with Crippen LogP contribution in [0.1, 0.15) is 48.0 Å². The molecule has 5 rings (SSSR count). The number of rotatable bonds is 5. The molecule has 0 saturated heterocycles. The second kappa shape index (κ2) is 10.2. The van der Waals surface area contributed by atoms with Gasteiger partial charge in [-0.25, -0.2) is 9.79 Å². The third-order valence-corrected chi connectivity index (χ3v) is 7.95. The van der Waals surface area contributed by atoms with Crippen LogP contribution in [0.15, 0.2) is 75.7 Å². The number of thiazole rings is 1. The van der Waals surface area contributed by atoms with Gasteiger partial charge in [0.2, 0.25) is 0 Å². The molecule has 0 amide bonds. The topological polar surface area (TPSA) is 65.6 Å². The lowest BCUT2D eigenvalue weighted by Crippen LogP contribution is -2.39. The molecule has 38 heavy (non-hydrogen) atoms. The fourth-order valence-electron chi connectivity index (χ4n) is 4.99. The van der Waals surface area contributed by atoms with E-state index in [1.54, 1.807) is 30.5 Å². The Morgan fingerprint density at radius 1 is 1.11 bits per heavy atom. The number of carbonyl (C=O) groups is 1. The Morgan fingerprint density at radius 3 is 2.53 bits per heavy atom. The molecule has 6 nitrogen and oxygen atoms in total. The maximum absolute atomic E-state index is 13.9. The van der Waals surface area contributed by atoms with Gasteiger partial charge in [0.15, 0.2) is 4.80 Å². The Hall–Kier alpha value is -3.68. The van der Waals surface area contributed by atoms with Crippen molar-refractivity contribution in [3.8, 4) is 5.69 Å². The van der Waals surface area contributed by atoms with Gasteiger partial charge in [-0.05, 0) is 87.7 Å². The molecule has 4 aromatic rings. The SMILES string of the molecule is CCOC(=O)C1=C(C)N=c2s/c(=C/c3cc(C)n(-c4cccc(C)c4)c3C)c(=O)n2[C@H]1c1ccc(Cl)cc1. The van der Waals surface area contributed by atoms with E-state index in [2.05, 4.69) is 54.6 Å². The number of aryl methyl sites for hydroxylation is 2. The molecule has 0 bridgehead atoms. The van der Waals surface area contributed by atoms with Gasteiger partial charge < -0.3 is 9.30 Å². The van der Waals surface area contributed by atoms with Gasteiger partial charge in [-0.2, -0.15) is 0 Å². The van der Waals surface area contributed by atoms with Crippen LogP contribution in [-0.4, -0.2) is 21.7 Å². The number of carbonyl (C=O) groups excluding carboxylic acids is 1. The molecule has 2 aromatic carbocycles. The van der Waals surface area contributed by atoms with Gasteiger partial charge in [0, 0.05) is 22.1 Å². The van der Waals surface area contributed by atoms with E-state index in [-0.39, 0.29) is 12.2 Å². The molecule has 0 spiro atoms. The quantitative estimate of drug-likeness (QED) is 0.325. The molecule has 1 aliphatic rings. The number of ether oxygens (including phenoxy) is 1. The highest BCUT2D eigenvalue weighted by Crippen LogP contribution is 2.31. The van der Waals surface area contributed by atoms with E-state index in [0.717, 1.165) is 28.2 Å². The number of halogens is 1. The average Bonchev–Trinajstić information content (AvgIpc) is 3.33. The Bertz CT molecular complexity index is 1770. The van der Waals surface area contributed by atoms with Crippen LogP contribution in [0.4, 0.5) is 0 Å². The first-order valence-corrected chi connectivity index (χ1v) is 13.6. The summed E-state index contributed by atoms with van der Waals surface area (Å²) in [4.78, 5) is 32.1. The van der Waals surface area contributed by atoms with Crippen LogP contribution in [0.25, 0.3) is 11.8 Å². The zero-order chi connectivity index (χ0) is 27.1. The second-order valence-corrected chi connectivity index (χ2v) is 10.8. The fourth-order valence-corrected chi connectivity index (χ4v) is 6.15. The molecule has 0 radical (unpaired) electrons. The van der Waals surface area contributed by atoms with Crippen molar-refractivity contribution in [1.82, 2.24) is 9.13 Å². The van der Waals surface area contributed by atoms with Gasteiger partial charge in [-0.3, -0.25) is 9.36 Å². The highest BCUT2D eigenvalue weighted by Gasteiger charge is 2.33. The fraction of sp³-hybridized carbons (Fsp3) is 0.233. The van der Waals surface area contributed by atoms with Crippen molar-refractivity contribution >= 4 is 35.0 Å². The zero-order valence-corrected chi connectivity index (χ0v) is 23.5. The standard InChI is InChI=1S/C30H28ClN3O3S/c1-6-37-29(36)26-19(4)32-30-34(27(26)21-10-12-23(31)13-11-21)28(35)25(38-30)16-22-15-18(3)33(20(22)5)24-9-7-8-17(2)14-24/h7-16,27H,6H2,1-5H3/b25-16+/t27-/m0/s1. The molecule has 3 heterocycles. The van der Waals surface area contributed by atoms with E-state index in [0.29, 0.717) is 25.6 Å². The molecule has 194 valence electrons. The number of esters is 1. The van der Waals surface area contributed by atoms with Crippen LogP contribution >= 0.6 is 22.9 Å². The molecular weight excluding hydrogens is 518 g/mol. The summed E-state index contributed by atoms with van der Waals surface area (Å²) in [6.45, 7) is 9.95. The van der Waals surface area contributed by atoms with Gasteiger partial charge >= 0.3 is 5.97 Å². The van der Waals surface area contributed by atoms with Crippen LogP contribution in [0.3, 0.4) is 0 Å². The predicted molar refractivity (Wildman–Crippen MR) is 152 cm³/mol. The average molecular weight is 546 g/mol. The Kier molecular flexibility index (Phi) is 6.99. The molecule has 0 fully saturated rings. The molecule has 0 saturated carbocycles. The van der Waals surface area contributed by atoms with Crippen LogP contribution < -0.4 is 14.9 Å². The summed E-state index contributed by atoms with van der Waals surface area (Å²) < 4.78 is 9.69. The summed E-state index contributed by atoms with van der Waals surface area (Å²) in [6, 6.07) is 16.9. The second-order valence-electron chi connectivity index (χ2n) is 9.35. The molecule has 2 aromatic heterocycles. The lowest BCUT2D eigenvalue weighted by Gasteiger charge is -2.24. The van der Waals surface area contributed by atoms with E-state index >= 15 is 0 Å². The van der Waals surface area contributed by atoms with E-state index in [9.17, 15) is 9.59 Å². The first-order valence-electron chi connectivity index (χ1n) is 12.4. The summed E-state index contributed by atoms with van der Waals surface area (Å²) in [5.41, 5.74) is 6.78. The van der Waals surface area contributed by atoms with Crippen molar-refractivity contribution in [3.05, 3.63) is 119 Å². The molecule has 1 atom stereocenters. The Balaban J connectivity index is 1.69. The maximum atomic E-state index is 13.9. The number of aromatic nitrogens is 2. The van der Waals surface area contributed by atoms with E-state index in [1.165, 1.54) is 16.9 Å². The summed E-state index contributed by atoms with van der Waals surface area (Å²) in [7, 11) is 0. The van der Waals surface area contributed by atoms with Crippen LogP contribution in [0.2, 0.25) is 5.02 Å². The molecule has 0 N–H and O–H groups in total. The van der Waals surface area contributed by atoms with Gasteiger partial charge in [0.1, 0.15) is 0 Å². The van der Waals surface area contributed by atoms with Gasteiger partial charge in [0.05, 0.1) is 28.5 Å². The van der Waals surface area contributed by atoms with E-state index < -0.39 is 12.0 Å². The minimum absolute atomic E-state index is 0.205. The predicted octanol–water partition coefficient (Wildman–Crippen LogP) is 5.17. The normalized spacial score (nSPS) is 15.4. The first kappa shape index (κ1) is 25.9. The van der Waals surface area contributed by atoms with Crippen molar-refractivity contribution < 1.29 is 9.53 Å². The first-order chi connectivity index (χ1) is 18.2. The van der Waals surface area contributed by atoms with Gasteiger partial charge in [-0.15, -0.1) is 0 Å². The number of hydrogen-bond acceptors (Lipinski definition) is 5. The molecule has 8 heteroatoms. The van der Waals surface area contributed by atoms with Crippen LogP contribution in [0, 0.1) is 20.8 Å². The largest absolute Gasteiger partial charge is 0.463 e. The third kappa shape index (κ3) is 4.57. The molecule has 1 aliphatic heterocycles. The van der Waals surface area contributed by atoms with Crippen LogP contribution in [-0.2, 0) is 9.53 Å². The van der Waals surface area contributed by atoms with Crippen molar-refractivity contribution in [2.75, 3.05) is 6.61 Å². The zero-order valence-electron chi connectivity index (χ0n) is 21.9. The van der Waals surface area contributed by atoms with Crippen molar-refractivity contribution in [3.63, 3.8) is 0 Å². The Morgan fingerprint density at radius 2 is 1.84 bits per heavy atom. The van der Waals surface area contributed by atoms with E-state index in [4.69, 9.17) is 16.3 Å². The number of nitrogens with zero attached hydrogens (tertiary/aromatic N) is 3. The highest BCUT2D eigenvalue weighted by atomic mass is 35.5. The minimum atomic E-state index is -0.663. The lowest BCUT2D eigenvalue weighted by atomic mass is 9.96. The van der Waals surface area contributed by atoms with Crippen molar-refractivity contribution in [1.29, 1.82) is 0 Å². The molecular formula is C30H28ClN3O3S. The van der Waals surface area contributed by atoms with E-state index in [1.807, 2.05) is 24.3 Å². The number of fused-ring (bicyclic) bond motifs is 1. The molecule has 0 unspecified atom stereocenters. The summed E-state index contributed by atoms with van der Waals surface area (Å²) in [5.74, 6) is -0.482. The minimum Gasteiger partial charge on any atom is -0.463 e. The monoisotopic (exact) mass is 545 g/mol. The maximum Gasteiger partial charge on any atom is 0.338 e. The van der Waals surface area contributed by atoms with Crippen LogP contribution in [0.5, 0.6) is 0 Å². The van der Waals surface area contributed by atoms with Gasteiger partial charge in [0.25, 0.3) is 5.56 Å². The Labute approximate surface area is 229 Å². The number of hydrogen-bond donors (Lipinski definition) is 0. The third-order valence-electron chi connectivity index (χ3n) is 6.72. The molecule has 0 aliphatic carbocycles. The van der Waals surface area contributed by atoms with Crippen molar-refractivity contribution in [2.45, 2.75) is 40.7 Å². The highest BCUT2D eigenvalue weighted by molar-refractivity contribution is 7.07. The summed E-state index contributed by atoms with van der Waals surface area (Å²) in [5, 5.41) is 0.573. The van der Waals surface area contributed by atoms with Gasteiger partial charge in [-0.1, -0.05) is 47.2 Å². The summed E-state index contributed by atoms with van der Waals surface area (Å²) >= 11 is 7.46. The lowest BCUT2D eigenvalue weighted by molar-refractivity contribution is -0.139. The number of benzene rings is 2. The summed E-state index contributed by atoms with van der Waals surface area (Å²) in [6.07, 6.45) is 1.92. The number of allylic oxidation sites excluding steroid dienone is 1. The van der Waals surface area contributed by atoms with Crippen molar-refractivity contribution in [2.24, 2.45) is 4.99 Å². The smallest absolute Gasteiger partial charge is 0.338 e.